The van der Waals surface area contributed by atoms with Crippen LogP contribution in [0.4, 0.5) is 0 Å². The highest BCUT2D eigenvalue weighted by atomic mass is 35.5. The van der Waals surface area contributed by atoms with Crippen molar-refractivity contribution in [1.82, 2.24) is 0 Å². The van der Waals surface area contributed by atoms with E-state index < -0.39 is 12.0 Å². The SMILES string of the molecule is NC(CCCCCC(=O)CCl)C(=O)O. The maximum Gasteiger partial charge on any atom is 0.320 e. The zero-order valence-corrected chi connectivity index (χ0v) is 8.79. The molecule has 0 aromatic rings. The Morgan fingerprint density at radius 1 is 1.29 bits per heavy atom. The summed E-state index contributed by atoms with van der Waals surface area (Å²) in [6.45, 7) is 0. The Labute approximate surface area is 88.4 Å². The van der Waals surface area contributed by atoms with Crippen LogP contribution in [0.15, 0.2) is 0 Å². The Balaban J connectivity index is 3.30. The molecule has 0 radical (unpaired) electrons. The van der Waals surface area contributed by atoms with Crippen molar-refractivity contribution in [2.24, 2.45) is 5.73 Å². The lowest BCUT2D eigenvalue weighted by atomic mass is 10.1. The lowest BCUT2D eigenvalue weighted by Gasteiger charge is -2.04. The molecule has 0 aromatic carbocycles. The molecule has 0 amide bonds. The Morgan fingerprint density at radius 3 is 2.43 bits per heavy atom. The van der Waals surface area contributed by atoms with E-state index >= 15 is 0 Å². The van der Waals surface area contributed by atoms with E-state index in [1.807, 2.05) is 0 Å². The van der Waals surface area contributed by atoms with E-state index in [0.717, 1.165) is 19.3 Å². The van der Waals surface area contributed by atoms with Gasteiger partial charge in [-0.2, -0.15) is 0 Å². The zero-order chi connectivity index (χ0) is 11.0. The van der Waals surface area contributed by atoms with E-state index in [1.165, 1.54) is 0 Å². The van der Waals surface area contributed by atoms with Gasteiger partial charge in [0, 0.05) is 6.42 Å². The molecule has 0 rings (SSSR count). The first kappa shape index (κ1) is 13.4. The Morgan fingerprint density at radius 2 is 1.93 bits per heavy atom. The van der Waals surface area contributed by atoms with Crippen molar-refractivity contribution in [3.63, 3.8) is 0 Å². The summed E-state index contributed by atoms with van der Waals surface area (Å²) in [7, 11) is 0. The highest BCUT2D eigenvalue weighted by molar-refractivity contribution is 6.27. The van der Waals surface area contributed by atoms with Crippen LogP contribution in [0.2, 0.25) is 0 Å². The van der Waals surface area contributed by atoms with E-state index in [9.17, 15) is 9.59 Å². The molecular weight excluding hydrogens is 206 g/mol. The molecule has 0 spiro atoms. The van der Waals surface area contributed by atoms with Crippen LogP contribution < -0.4 is 5.73 Å². The molecule has 3 N–H and O–H groups in total. The third-order valence-electron chi connectivity index (χ3n) is 1.94. The summed E-state index contributed by atoms with van der Waals surface area (Å²) in [6, 6.07) is -0.779. The molecule has 0 heterocycles. The van der Waals surface area contributed by atoms with Crippen LogP contribution in [0.25, 0.3) is 0 Å². The Hall–Kier alpha value is -0.610. The molecule has 1 unspecified atom stereocenters. The van der Waals surface area contributed by atoms with Gasteiger partial charge in [-0.05, 0) is 12.8 Å². The van der Waals surface area contributed by atoms with Crippen LogP contribution in [0.5, 0.6) is 0 Å². The summed E-state index contributed by atoms with van der Waals surface area (Å²) in [6.07, 6.45) is 3.26. The van der Waals surface area contributed by atoms with Crippen LogP contribution in [0.1, 0.15) is 32.1 Å². The second-order valence-corrected chi connectivity index (χ2v) is 3.48. The van der Waals surface area contributed by atoms with Crippen molar-refractivity contribution in [3.05, 3.63) is 0 Å². The van der Waals surface area contributed by atoms with Crippen LogP contribution in [-0.2, 0) is 9.59 Å². The Bertz CT molecular complexity index is 196. The molecule has 4 nitrogen and oxygen atoms in total. The van der Waals surface area contributed by atoms with Gasteiger partial charge in [0.1, 0.15) is 11.8 Å². The number of unbranched alkanes of at least 4 members (excludes halogenated alkanes) is 2. The second kappa shape index (κ2) is 7.76. The summed E-state index contributed by atoms with van der Waals surface area (Å²) < 4.78 is 0. The number of halogens is 1. The summed E-state index contributed by atoms with van der Waals surface area (Å²) in [5.41, 5.74) is 5.30. The van der Waals surface area contributed by atoms with Crippen LogP contribution in [0, 0.1) is 0 Å². The summed E-state index contributed by atoms with van der Waals surface area (Å²) >= 11 is 5.31. The predicted octanol–water partition coefficient (Wildman–Crippen LogP) is 1.16. The highest BCUT2D eigenvalue weighted by Gasteiger charge is 2.10. The van der Waals surface area contributed by atoms with Crippen molar-refractivity contribution in [1.29, 1.82) is 0 Å². The smallest absolute Gasteiger partial charge is 0.320 e. The fraction of sp³-hybridized carbons (Fsp3) is 0.778. The van der Waals surface area contributed by atoms with Gasteiger partial charge in [-0.3, -0.25) is 9.59 Å². The molecule has 82 valence electrons. The van der Waals surface area contributed by atoms with Crippen molar-refractivity contribution in [2.45, 2.75) is 38.1 Å². The highest BCUT2D eigenvalue weighted by Crippen LogP contribution is 2.05. The predicted molar refractivity (Wildman–Crippen MR) is 54.4 cm³/mol. The maximum atomic E-state index is 10.8. The molecule has 0 aliphatic carbocycles. The molecule has 5 heteroatoms. The number of carboxylic acids is 1. The number of rotatable bonds is 8. The van der Waals surface area contributed by atoms with E-state index in [4.69, 9.17) is 22.4 Å². The van der Waals surface area contributed by atoms with Gasteiger partial charge in [0.05, 0.1) is 5.88 Å². The van der Waals surface area contributed by atoms with Crippen molar-refractivity contribution < 1.29 is 14.7 Å². The minimum Gasteiger partial charge on any atom is -0.480 e. The van der Waals surface area contributed by atoms with Gasteiger partial charge >= 0.3 is 5.97 Å². The van der Waals surface area contributed by atoms with Crippen LogP contribution >= 0.6 is 11.6 Å². The largest absolute Gasteiger partial charge is 0.480 e. The second-order valence-electron chi connectivity index (χ2n) is 3.22. The van der Waals surface area contributed by atoms with E-state index in [0.29, 0.717) is 12.8 Å². The van der Waals surface area contributed by atoms with Crippen molar-refractivity contribution in [3.8, 4) is 0 Å². The third-order valence-corrected chi connectivity index (χ3v) is 2.24. The number of ketones is 1. The van der Waals surface area contributed by atoms with Crippen molar-refractivity contribution >= 4 is 23.4 Å². The lowest BCUT2D eigenvalue weighted by Crippen LogP contribution is -2.29. The van der Waals surface area contributed by atoms with Gasteiger partial charge in [0.25, 0.3) is 0 Å². The minimum absolute atomic E-state index is 0.0363. The number of nitrogens with two attached hydrogens (primary N) is 1. The van der Waals surface area contributed by atoms with Gasteiger partial charge in [0.15, 0.2) is 0 Å². The van der Waals surface area contributed by atoms with Gasteiger partial charge in [0.2, 0.25) is 0 Å². The molecule has 14 heavy (non-hydrogen) atoms. The Kier molecular flexibility index (Phi) is 7.42. The number of carbonyl (C=O) groups excluding carboxylic acids is 1. The molecular formula is C9H16ClNO3. The first-order chi connectivity index (χ1) is 6.57. The molecule has 0 fully saturated rings. The average molecular weight is 222 g/mol. The fourth-order valence-electron chi connectivity index (χ4n) is 1.05. The zero-order valence-electron chi connectivity index (χ0n) is 8.04. The van der Waals surface area contributed by atoms with Crippen LogP contribution in [-0.4, -0.2) is 28.8 Å². The molecule has 1 atom stereocenters. The topological polar surface area (TPSA) is 80.4 Å². The molecule has 0 aliphatic heterocycles. The molecule has 0 bridgehead atoms. The summed E-state index contributed by atoms with van der Waals surface area (Å²) in [4.78, 5) is 21.1. The quantitative estimate of drug-likeness (QED) is 0.476. The van der Waals surface area contributed by atoms with Gasteiger partial charge in [-0.25, -0.2) is 0 Å². The molecule has 0 saturated carbocycles. The lowest BCUT2D eigenvalue weighted by molar-refractivity contribution is -0.138. The third kappa shape index (κ3) is 6.86. The van der Waals surface area contributed by atoms with Crippen LogP contribution in [0.3, 0.4) is 0 Å². The number of Topliss-reactive ketones (excluding diaryl/α,β-unsaturated/α-hetero) is 1. The minimum atomic E-state index is -0.971. The van der Waals surface area contributed by atoms with E-state index in [1.54, 1.807) is 0 Å². The average Bonchev–Trinajstić information content (AvgIpc) is 2.16. The number of hydrogen-bond donors (Lipinski definition) is 2. The summed E-state index contributed by atoms with van der Waals surface area (Å²) in [5, 5.41) is 8.47. The number of carboxylic acid groups (broad SMARTS) is 1. The number of carbonyl (C=O) groups is 2. The van der Waals surface area contributed by atoms with Gasteiger partial charge < -0.3 is 10.8 Å². The molecule has 0 saturated heterocycles. The first-order valence-corrected chi connectivity index (χ1v) is 5.17. The summed E-state index contributed by atoms with van der Waals surface area (Å²) in [5.74, 6) is -0.870. The van der Waals surface area contributed by atoms with Crippen molar-refractivity contribution in [2.75, 3.05) is 5.88 Å². The van der Waals surface area contributed by atoms with E-state index in [-0.39, 0.29) is 11.7 Å². The maximum absolute atomic E-state index is 10.8. The van der Waals surface area contributed by atoms with Gasteiger partial charge in [-0.1, -0.05) is 12.8 Å². The van der Waals surface area contributed by atoms with E-state index in [2.05, 4.69) is 0 Å². The standard InChI is InChI=1S/C9H16ClNO3/c10-6-7(12)4-2-1-3-5-8(11)9(13)14/h8H,1-6,11H2,(H,13,14). The molecule has 0 aromatic heterocycles. The fourth-order valence-corrected chi connectivity index (χ4v) is 1.19. The number of alkyl halides is 1. The monoisotopic (exact) mass is 221 g/mol. The van der Waals surface area contributed by atoms with Gasteiger partial charge in [-0.15, -0.1) is 11.6 Å². The normalized spacial score (nSPS) is 12.4. The molecule has 0 aliphatic rings. The first-order valence-electron chi connectivity index (χ1n) is 4.64. The number of aliphatic carboxylic acids is 1. The number of hydrogen-bond acceptors (Lipinski definition) is 3.